The zero-order chi connectivity index (χ0) is 18.4. The Bertz CT molecular complexity index is 879. The molecule has 134 valence electrons. The molecule has 1 heterocycles. The Labute approximate surface area is 161 Å². The van der Waals surface area contributed by atoms with Gasteiger partial charge in [-0.15, -0.1) is 23.1 Å². The number of benzene rings is 2. The fourth-order valence-corrected chi connectivity index (χ4v) is 4.24. The van der Waals surface area contributed by atoms with E-state index in [1.807, 2.05) is 30.3 Å². The van der Waals surface area contributed by atoms with Gasteiger partial charge in [-0.25, -0.2) is 0 Å². The molecule has 1 N–H and O–H groups in total. The molecule has 26 heavy (non-hydrogen) atoms. The van der Waals surface area contributed by atoms with Crippen molar-refractivity contribution in [1.29, 1.82) is 0 Å². The second kappa shape index (κ2) is 8.78. The fourth-order valence-electron chi connectivity index (χ4n) is 2.42. The molecule has 1 aromatic heterocycles. The lowest BCUT2D eigenvalue weighted by atomic mass is 10.2. The number of amides is 1. The molecule has 0 saturated heterocycles. The first-order chi connectivity index (χ1) is 12.7. The van der Waals surface area contributed by atoms with Gasteiger partial charge < -0.3 is 14.8 Å². The maximum Gasteiger partial charge on any atom is 0.256 e. The minimum atomic E-state index is -0.164. The lowest BCUT2D eigenvalue weighted by Crippen LogP contribution is -2.13. The molecular weight excluding hydrogens is 366 g/mol. The van der Waals surface area contributed by atoms with Gasteiger partial charge in [-0.1, -0.05) is 18.2 Å². The molecule has 0 atom stereocenters. The predicted octanol–water partition coefficient (Wildman–Crippen LogP) is 5.31. The average Bonchev–Trinajstić information content (AvgIpc) is 3.20. The van der Waals surface area contributed by atoms with Crippen LogP contribution in [0.4, 0.5) is 5.69 Å². The van der Waals surface area contributed by atoms with E-state index in [9.17, 15) is 4.79 Å². The first kappa shape index (κ1) is 18.4. The summed E-state index contributed by atoms with van der Waals surface area (Å²) in [5.74, 6) is 1.91. The lowest BCUT2D eigenvalue weighted by Gasteiger charge is -2.13. The molecular formula is C20H19NO3S2. The van der Waals surface area contributed by atoms with Gasteiger partial charge in [-0.3, -0.25) is 4.79 Å². The van der Waals surface area contributed by atoms with Crippen molar-refractivity contribution in [2.75, 3.05) is 19.5 Å². The first-order valence-electron chi connectivity index (χ1n) is 7.99. The third kappa shape index (κ3) is 4.39. The van der Waals surface area contributed by atoms with Crippen molar-refractivity contribution in [3.05, 3.63) is 70.4 Å². The number of thioether (sulfide) groups is 1. The summed E-state index contributed by atoms with van der Waals surface area (Å²) in [6.07, 6.45) is 0. The quantitative estimate of drug-likeness (QED) is 0.560. The highest BCUT2D eigenvalue weighted by atomic mass is 32.2. The second-order valence-electron chi connectivity index (χ2n) is 5.38. The lowest BCUT2D eigenvalue weighted by molar-refractivity contribution is 0.102. The molecule has 3 rings (SSSR count). The van der Waals surface area contributed by atoms with Crippen molar-refractivity contribution in [1.82, 2.24) is 0 Å². The summed E-state index contributed by atoms with van der Waals surface area (Å²) >= 11 is 3.38. The van der Waals surface area contributed by atoms with E-state index < -0.39 is 0 Å². The van der Waals surface area contributed by atoms with Gasteiger partial charge in [-0.2, -0.15) is 0 Å². The predicted molar refractivity (Wildman–Crippen MR) is 108 cm³/mol. The zero-order valence-electron chi connectivity index (χ0n) is 14.5. The van der Waals surface area contributed by atoms with Crippen LogP contribution in [-0.4, -0.2) is 20.1 Å². The molecule has 0 radical (unpaired) electrons. The van der Waals surface area contributed by atoms with Gasteiger partial charge >= 0.3 is 0 Å². The maximum atomic E-state index is 12.8. The molecule has 0 unspecified atom stereocenters. The van der Waals surface area contributed by atoms with Gasteiger partial charge in [0.15, 0.2) is 0 Å². The van der Waals surface area contributed by atoms with Gasteiger partial charge in [0, 0.05) is 21.6 Å². The minimum absolute atomic E-state index is 0.164. The molecule has 3 aromatic rings. The van der Waals surface area contributed by atoms with E-state index in [-0.39, 0.29) is 5.91 Å². The smallest absolute Gasteiger partial charge is 0.256 e. The van der Waals surface area contributed by atoms with Crippen molar-refractivity contribution in [3.8, 4) is 11.5 Å². The van der Waals surface area contributed by atoms with Crippen molar-refractivity contribution in [2.45, 2.75) is 10.6 Å². The van der Waals surface area contributed by atoms with Crippen LogP contribution in [0.5, 0.6) is 11.5 Å². The Morgan fingerprint density at radius 1 is 1.08 bits per heavy atom. The number of carbonyl (C=O) groups is 1. The van der Waals surface area contributed by atoms with Crippen LogP contribution < -0.4 is 14.8 Å². The monoisotopic (exact) mass is 385 g/mol. The van der Waals surface area contributed by atoms with Crippen LogP contribution in [0.25, 0.3) is 0 Å². The molecule has 0 bridgehead atoms. The highest BCUT2D eigenvalue weighted by Gasteiger charge is 2.14. The maximum absolute atomic E-state index is 12.8. The van der Waals surface area contributed by atoms with Crippen LogP contribution in [0, 0.1) is 0 Å². The van der Waals surface area contributed by atoms with Crippen molar-refractivity contribution in [2.24, 2.45) is 0 Å². The van der Waals surface area contributed by atoms with Crippen LogP contribution >= 0.6 is 23.1 Å². The van der Waals surface area contributed by atoms with E-state index in [0.29, 0.717) is 22.7 Å². The van der Waals surface area contributed by atoms with E-state index in [1.54, 1.807) is 55.5 Å². The number of nitrogens with one attached hydrogen (secondary N) is 1. The number of hydrogen-bond donors (Lipinski definition) is 1. The summed E-state index contributed by atoms with van der Waals surface area (Å²) in [5, 5.41) is 4.99. The van der Waals surface area contributed by atoms with Crippen molar-refractivity contribution >= 4 is 34.7 Å². The Morgan fingerprint density at radius 2 is 1.92 bits per heavy atom. The SMILES string of the molecule is COc1ccc(NC(=O)c2ccccc2SCc2cccs2)c(OC)c1. The molecule has 2 aromatic carbocycles. The van der Waals surface area contributed by atoms with Crippen molar-refractivity contribution in [3.63, 3.8) is 0 Å². The highest BCUT2D eigenvalue weighted by Crippen LogP contribution is 2.31. The van der Waals surface area contributed by atoms with E-state index in [2.05, 4.69) is 16.8 Å². The Balaban J connectivity index is 1.78. The molecule has 0 spiro atoms. The van der Waals surface area contributed by atoms with Gasteiger partial charge in [0.05, 0.1) is 25.5 Å². The zero-order valence-corrected chi connectivity index (χ0v) is 16.2. The largest absolute Gasteiger partial charge is 0.497 e. The molecule has 6 heteroatoms. The summed E-state index contributed by atoms with van der Waals surface area (Å²) in [5.41, 5.74) is 1.25. The Hall–Kier alpha value is -2.44. The van der Waals surface area contributed by atoms with Crippen LogP contribution in [0.15, 0.2) is 64.9 Å². The third-order valence-electron chi connectivity index (χ3n) is 3.74. The van der Waals surface area contributed by atoms with Crippen LogP contribution in [-0.2, 0) is 5.75 Å². The number of methoxy groups -OCH3 is 2. The third-order valence-corrected chi connectivity index (χ3v) is 5.92. The van der Waals surface area contributed by atoms with Gasteiger partial charge in [-0.05, 0) is 35.7 Å². The second-order valence-corrected chi connectivity index (χ2v) is 7.43. The Morgan fingerprint density at radius 3 is 2.65 bits per heavy atom. The number of hydrogen-bond acceptors (Lipinski definition) is 5. The summed E-state index contributed by atoms with van der Waals surface area (Å²) in [6.45, 7) is 0. The molecule has 0 aliphatic heterocycles. The topological polar surface area (TPSA) is 47.6 Å². The van der Waals surface area contributed by atoms with Crippen LogP contribution in [0.3, 0.4) is 0 Å². The minimum Gasteiger partial charge on any atom is -0.497 e. The van der Waals surface area contributed by atoms with E-state index >= 15 is 0 Å². The van der Waals surface area contributed by atoms with Gasteiger partial charge in [0.1, 0.15) is 11.5 Å². The number of anilines is 1. The molecule has 0 aliphatic carbocycles. The average molecular weight is 386 g/mol. The molecule has 4 nitrogen and oxygen atoms in total. The van der Waals surface area contributed by atoms with E-state index in [1.165, 1.54) is 4.88 Å². The van der Waals surface area contributed by atoms with Crippen molar-refractivity contribution < 1.29 is 14.3 Å². The molecule has 0 fully saturated rings. The molecule has 1 amide bonds. The summed E-state index contributed by atoms with van der Waals surface area (Å²) in [7, 11) is 3.16. The number of ether oxygens (including phenoxy) is 2. The molecule has 0 saturated carbocycles. The standard InChI is InChI=1S/C20H19NO3S2/c1-23-14-9-10-17(18(12-14)24-2)21-20(22)16-7-3-4-8-19(16)26-13-15-6-5-11-25-15/h3-12H,13H2,1-2H3,(H,21,22). The number of carbonyl (C=O) groups excluding carboxylic acids is 1. The normalized spacial score (nSPS) is 10.4. The summed E-state index contributed by atoms with van der Waals surface area (Å²) in [6, 6.07) is 17.1. The highest BCUT2D eigenvalue weighted by molar-refractivity contribution is 7.98. The number of rotatable bonds is 7. The fraction of sp³-hybridized carbons (Fsp3) is 0.150. The van der Waals surface area contributed by atoms with E-state index in [0.717, 1.165) is 10.6 Å². The Kier molecular flexibility index (Phi) is 6.20. The number of thiophene rings is 1. The molecule has 0 aliphatic rings. The van der Waals surface area contributed by atoms with E-state index in [4.69, 9.17) is 9.47 Å². The summed E-state index contributed by atoms with van der Waals surface area (Å²) < 4.78 is 10.5. The van der Waals surface area contributed by atoms with Crippen LogP contribution in [0.1, 0.15) is 15.2 Å². The summed E-state index contributed by atoms with van der Waals surface area (Å²) in [4.78, 5) is 15.0. The van der Waals surface area contributed by atoms with Gasteiger partial charge in [0.2, 0.25) is 0 Å². The van der Waals surface area contributed by atoms with Gasteiger partial charge in [0.25, 0.3) is 5.91 Å². The first-order valence-corrected chi connectivity index (χ1v) is 9.85. The van der Waals surface area contributed by atoms with Crippen LogP contribution in [0.2, 0.25) is 0 Å².